The van der Waals surface area contributed by atoms with Gasteiger partial charge in [-0.15, -0.1) is 0 Å². The number of isocyanates is 2. The van der Waals surface area contributed by atoms with E-state index in [1.807, 2.05) is 0 Å². The summed E-state index contributed by atoms with van der Waals surface area (Å²) < 4.78 is 16.4. The van der Waals surface area contributed by atoms with Crippen molar-refractivity contribution >= 4 is 23.5 Å². The molecule has 0 heterocycles. The third-order valence-electron chi connectivity index (χ3n) is 2.37. The number of carbonyl (C=O) groups excluding carboxylic acids is 2. The summed E-state index contributed by atoms with van der Waals surface area (Å²) in [5, 5.41) is 0. The second kappa shape index (κ2) is 6.22. The van der Waals surface area contributed by atoms with Crippen LogP contribution in [0, 0.1) is 0 Å². The first-order valence-electron chi connectivity index (χ1n) is 6.45. The van der Waals surface area contributed by atoms with Gasteiger partial charge in [0.25, 0.3) is 0 Å². The summed E-state index contributed by atoms with van der Waals surface area (Å²) in [6.45, 7) is 0. The standard InChI is InChI=1S/C15H10N2O2/c18-10-16-14-5-1-12(2-6-14)9-13-3-7-15(8-4-13)17-11-19/h1-8H,9H2/i9D2. The molecule has 4 heteroatoms. The number of hydrogen-bond acceptors (Lipinski definition) is 4. The van der Waals surface area contributed by atoms with Crippen LogP contribution in [0.25, 0.3) is 0 Å². The summed E-state index contributed by atoms with van der Waals surface area (Å²) in [6, 6.07) is 12.4. The van der Waals surface area contributed by atoms with E-state index in [0.717, 1.165) is 0 Å². The molecule has 0 radical (unpaired) electrons. The Kier molecular flexibility index (Phi) is 3.32. The summed E-state index contributed by atoms with van der Waals surface area (Å²) in [5.74, 6) is 0. The molecule has 0 saturated heterocycles. The first-order valence-corrected chi connectivity index (χ1v) is 5.45. The van der Waals surface area contributed by atoms with E-state index in [4.69, 9.17) is 2.74 Å². The number of benzene rings is 2. The van der Waals surface area contributed by atoms with Gasteiger partial charge in [-0.05, 0) is 41.8 Å². The predicted octanol–water partition coefficient (Wildman–Crippen LogP) is 3.21. The molecule has 0 amide bonds. The fraction of sp³-hybridized carbons (Fsp3) is 0.0667. The molecule has 2 aromatic carbocycles. The molecule has 4 nitrogen and oxygen atoms in total. The largest absolute Gasteiger partial charge is 0.240 e. The Balaban J connectivity index is 2.35. The van der Waals surface area contributed by atoms with Gasteiger partial charge in [0.05, 0.1) is 11.4 Å². The monoisotopic (exact) mass is 252 g/mol. The summed E-state index contributed by atoms with van der Waals surface area (Å²) in [4.78, 5) is 27.2. The topological polar surface area (TPSA) is 58.9 Å². The van der Waals surface area contributed by atoms with E-state index < -0.39 is 6.37 Å². The molecule has 0 fully saturated rings. The Morgan fingerprint density at radius 3 is 1.47 bits per heavy atom. The zero-order valence-electron chi connectivity index (χ0n) is 11.8. The van der Waals surface area contributed by atoms with E-state index in [2.05, 4.69) is 9.98 Å². The van der Waals surface area contributed by atoms with Gasteiger partial charge in [0.15, 0.2) is 0 Å². The van der Waals surface area contributed by atoms with Crippen LogP contribution in [0.3, 0.4) is 0 Å². The van der Waals surface area contributed by atoms with Crippen molar-refractivity contribution < 1.29 is 12.3 Å². The highest BCUT2D eigenvalue weighted by Gasteiger charge is 1.97. The van der Waals surface area contributed by atoms with Crippen LogP contribution in [0.2, 0.25) is 0 Å². The molecular weight excluding hydrogens is 240 g/mol. The van der Waals surface area contributed by atoms with E-state index in [-0.39, 0.29) is 0 Å². The SMILES string of the molecule is [2H]C([2H])(c1ccc(N=C=O)cc1)c1ccc(N=C=O)cc1. The third kappa shape index (κ3) is 3.58. The average molecular weight is 252 g/mol. The molecule has 2 aromatic rings. The Morgan fingerprint density at radius 1 is 0.789 bits per heavy atom. The van der Waals surface area contributed by atoms with Crippen LogP contribution in [0.15, 0.2) is 58.5 Å². The van der Waals surface area contributed by atoms with Gasteiger partial charge >= 0.3 is 0 Å². The van der Waals surface area contributed by atoms with Crippen molar-refractivity contribution in [3.8, 4) is 0 Å². The molecule has 0 aromatic heterocycles. The number of rotatable bonds is 4. The Labute approximate surface area is 113 Å². The molecule has 0 aliphatic rings. The summed E-state index contributed by atoms with van der Waals surface area (Å²) in [5.41, 5.74) is 1.69. The molecule has 0 N–H and O–H groups in total. The van der Waals surface area contributed by atoms with Gasteiger partial charge in [-0.2, -0.15) is 9.98 Å². The highest BCUT2D eigenvalue weighted by atomic mass is 16.1. The van der Waals surface area contributed by atoms with E-state index in [0.29, 0.717) is 22.5 Å². The van der Waals surface area contributed by atoms with Crippen LogP contribution in [0.1, 0.15) is 13.9 Å². The Bertz CT molecular complexity index is 664. The van der Waals surface area contributed by atoms with Gasteiger partial charge in [-0.25, -0.2) is 9.59 Å². The van der Waals surface area contributed by atoms with E-state index in [9.17, 15) is 9.59 Å². The van der Waals surface area contributed by atoms with Gasteiger partial charge in [0.2, 0.25) is 12.2 Å². The maximum atomic E-state index is 10.2. The molecule has 0 aliphatic carbocycles. The molecule has 0 atom stereocenters. The molecule has 0 unspecified atom stereocenters. The highest BCUT2D eigenvalue weighted by molar-refractivity contribution is 5.51. The predicted molar refractivity (Wildman–Crippen MR) is 71.3 cm³/mol. The first kappa shape index (κ1) is 10.2. The van der Waals surface area contributed by atoms with Gasteiger partial charge < -0.3 is 0 Å². The maximum absolute atomic E-state index is 10.2. The van der Waals surface area contributed by atoms with Crippen LogP contribution in [-0.4, -0.2) is 12.2 Å². The fourth-order valence-electron chi connectivity index (χ4n) is 1.51. The van der Waals surface area contributed by atoms with Crippen molar-refractivity contribution in [1.82, 2.24) is 0 Å². The fourth-order valence-corrected chi connectivity index (χ4v) is 1.51. The normalized spacial score (nSPS) is 11.6. The number of aliphatic imine (C=N–C) groups is 2. The quantitative estimate of drug-likeness (QED) is 0.619. The minimum atomic E-state index is -1.72. The van der Waals surface area contributed by atoms with E-state index in [1.165, 1.54) is 12.2 Å². The zero-order valence-corrected chi connectivity index (χ0v) is 9.83. The molecule has 92 valence electrons. The lowest BCUT2D eigenvalue weighted by Crippen LogP contribution is -1.86. The van der Waals surface area contributed by atoms with Crippen LogP contribution in [0.4, 0.5) is 11.4 Å². The summed E-state index contributed by atoms with van der Waals surface area (Å²) >= 11 is 0. The number of hydrogen-bond donors (Lipinski definition) is 0. The zero-order chi connectivity index (χ0) is 15.3. The lowest BCUT2D eigenvalue weighted by Gasteiger charge is -2.02. The second-order valence-electron chi connectivity index (χ2n) is 3.62. The van der Waals surface area contributed by atoms with E-state index >= 15 is 0 Å². The third-order valence-corrected chi connectivity index (χ3v) is 2.37. The molecule has 0 bridgehead atoms. The Morgan fingerprint density at radius 2 is 1.16 bits per heavy atom. The number of nitrogens with zero attached hydrogens (tertiary/aromatic N) is 2. The summed E-state index contributed by atoms with van der Waals surface area (Å²) in [7, 11) is 0. The smallest absolute Gasteiger partial charge is 0.211 e. The van der Waals surface area contributed by atoms with Gasteiger partial charge in [-0.3, -0.25) is 0 Å². The molecule has 19 heavy (non-hydrogen) atoms. The van der Waals surface area contributed by atoms with E-state index in [1.54, 1.807) is 48.5 Å². The van der Waals surface area contributed by atoms with Gasteiger partial charge in [0.1, 0.15) is 0 Å². The van der Waals surface area contributed by atoms with Crippen molar-refractivity contribution in [3.05, 3.63) is 59.7 Å². The summed E-state index contributed by atoms with van der Waals surface area (Å²) in [6.07, 6.45) is 1.15. The second-order valence-corrected chi connectivity index (χ2v) is 3.62. The van der Waals surface area contributed by atoms with Crippen molar-refractivity contribution in [2.24, 2.45) is 9.98 Å². The minimum Gasteiger partial charge on any atom is -0.211 e. The Hall–Kier alpha value is -2.80. The lowest BCUT2D eigenvalue weighted by molar-refractivity contribution is 0.564. The lowest BCUT2D eigenvalue weighted by atomic mass is 10.0. The molecule has 0 aliphatic heterocycles. The molecule has 2 rings (SSSR count). The van der Waals surface area contributed by atoms with Crippen LogP contribution >= 0.6 is 0 Å². The highest BCUT2D eigenvalue weighted by Crippen LogP contribution is 2.17. The van der Waals surface area contributed by atoms with Crippen LogP contribution in [-0.2, 0) is 16.0 Å². The van der Waals surface area contributed by atoms with Gasteiger partial charge in [-0.1, -0.05) is 24.3 Å². The molecular formula is C15H10N2O2. The van der Waals surface area contributed by atoms with Crippen LogP contribution < -0.4 is 0 Å². The van der Waals surface area contributed by atoms with Crippen molar-refractivity contribution in [2.75, 3.05) is 0 Å². The maximum Gasteiger partial charge on any atom is 0.240 e. The van der Waals surface area contributed by atoms with Crippen molar-refractivity contribution in [2.45, 2.75) is 6.37 Å². The van der Waals surface area contributed by atoms with Crippen molar-refractivity contribution in [3.63, 3.8) is 0 Å². The minimum absolute atomic E-state index is 0.417. The molecule has 0 saturated carbocycles. The average Bonchev–Trinajstić information content (AvgIpc) is 2.49. The first-order chi connectivity index (χ1) is 10.1. The molecule has 0 spiro atoms. The van der Waals surface area contributed by atoms with Gasteiger partial charge in [0, 0.05) is 2.74 Å². The van der Waals surface area contributed by atoms with Crippen LogP contribution in [0.5, 0.6) is 0 Å². The van der Waals surface area contributed by atoms with Crippen molar-refractivity contribution in [1.29, 1.82) is 0 Å².